The molecule has 0 aromatic carbocycles. The predicted octanol–water partition coefficient (Wildman–Crippen LogP) is 1.50. The first-order chi connectivity index (χ1) is 5.83. The second-order valence-corrected chi connectivity index (χ2v) is 2.72. The van der Waals surface area contributed by atoms with E-state index in [0.717, 1.165) is 17.6 Å². The van der Waals surface area contributed by atoms with Crippen LogP contribution in [0.25, 0.3) is 11.0 Å². The Labute approximate surface area is 74.2 Å². The van der Waals surface area contributed by atoms with Crippen molar-refractivity contribution in [3.05, 3.63) is 17.7 Å². The van der Waals surface area contributed by atoms with Crippen LogP contribution < -0.4 is 0 Å². The van der Waals surface area contributed by atoms with E-state index >= 15 is 0 Å². The van der Waals surface area contributed by atoms with Crippen molar-refractivity contribution in [2.24, 2.45) is 0 Å². The second-order valence-electron chi connectivity index (χ2n) is 2.36. The summed E-state index contributed by atoms with van der Waals surface area (Å²) >= 11 is 5.87. The van der Waals surface area contributed by atoms with Gasteiger partial charge in [-0.2, -0.15) is 5.10 Å². The Kier molecular flexibility index (Phi) is 1.69. The number of aromatic nitrogens is 4. The van der Waals surface area contributed by atoms with E-state index in [1.54, 1.807) is 10.9 Å². The molecule has 0 aliphatic rings. The molecule has 0 aliphatic heterocycles. The molecule has 2 heterocycles. The van der Waals surface area contributed by atoms with Gasteiger partial charge < -0.3 is 0 Å². The lowest BCUT2D eigenvalue weighted by Gasteiger charge is -1.97. The first kappa shape index (κ1) is 7.49. The summed E-state index contributed by atoms with van der Waals surface area (Å²) < 4.78 is 1.78. The molecule has 12 heavy (non-hydrogen) atoms. The van der Waals surface area contributed by atoms with Crippen molar-refractivity contribution in [3.8, 4) is 0 Å². The van der Waals surface area contributed by atoms with E-state index in [-0.39, 0.29) is 0 Å². The zero-order valence-corrected chi connectivity index (χ0v) is 7.28. The number of nitrogens with zero attached hydrogens (tertiary/aromatic N) is 4. The van der Waals surface area contributed by atoms with E-state index in [1.165, 1.54) is 6.33 Å². The number of hydrogen-bond donors (Lipinski definition) is 0. The van der Waals surface area contributed by atoms with Gasteiger partial charge in [0.15, 0.2) is 5.15 Å². The van der Waals surface area contributed by atoms with Gasteiger partial charge in [0.2, 0.25) is 0 Å². The molecule has 2 aromatic rings. The first-order valence-electron chi connectivity index (χ1n) is 3.65. The molecule has 0 atom stereocenters. The normalized spacial score (nSPS) is 10.8. The van der Waals surface area contributed by atoms with Gasteiger partial charge in [0.05, 0.1) is 6.20 Å². The van der Waals surface area contributed by atoms with Gasteiger partial charge in [0, 0.05) is 6.54 Å². The van der Waals surface area contributed by atoms with Crippen molar-refractivity contribution in [1.82, 2.24) is 19.7 Å². The van der Waals surface area contributed by atoms with Gasteiger partial charge >= 0.3 is 0 Å². The summed E-state index contributed by atoms with van der Waals surface area (Å²) in [4.78, 5) is 7.91. The third-order valence-corrected chi connectivity index (χ3v) is 1.96. The zero-order chi connectivity index (χ0) is 8.55. The van der Waals surface area contributed by atoms with Crippen LogP contribution >= 0.6 is 11.6 Å². The highest BCUT2D eigenvalue weighted by molar-refractivity contribution is 6.33. The Balaban J connectivity index is 2.83. The molecule has 0 amide bonds. The van der Waals surface area contributed by atoms with Gasteiger partial charge in [-0.1, -0.05) is 11.6 Å². The minimum Gasteiger partial charge on any atom is -0.260 e. The highest BCUT2D eigenvalue weighted by Gasteiger charge is 2.06. The maximum absolute atomic E-state index is 5.87. The fraction of sp³-hybridized carbons (Fsp3) is 0.286. The summed E-state index contributed by atoms with van der Waals surface area (Å²) in [5.41, 5.74) is 1.60. The number of fused-ring (bicyclic) bond motifs is 1. The van der Waals surface area contributed by atoms with Crippen LogP contribution in [-0.2, 0) is 6.54 Å². The summed E-state index contributed by atoms with van der Waals surface area (Å²) in [5, 5.41) is 4.56. The Morgan fingerprint density at radius 3 is 3.08 bits per heavy atom. The van der Waals surface area contributed by atoms with Gasteiger partial charge in [0.1, 0.15) is 17.4 Å². The van der Waals surface area contributed by atoms with Crippen LogP contribution in [0.5, 0.6) is 0 Å². The van der Waals surface area contributed by atoms with Crippen molar-refractivity contribution < 1.29 is 0 Å². The van der Waals surface area contributed by atoms with Crippen LogP contribution in [0.3, 0.4) is 0 Å². The number of halogens is 1. The van der Waals surface area contributed by atoms with Crippen molar-refractivity contribution in [3.63, 3.8) is 0 Å². The maximum atomic E-state index is 5.87. The average molecular weight is 183 g/mol. The van der Waals surface area contributed by atoms with E-state index in [2.05, 4.69) is 15.1 Å². The van der Waals surface area contributed by atoms with E-state index < -0.39 is 0 Å². The molecule has 0 unspecified atom stereocenters. The van der Waals surface area contributed by atoms with Crippen LogP contribution in [0.15, 0.2) is 12.5 Å². The van der Waals surface area contributed by atoms with Crippen molar-refractivity contribution in [1.29, 1.82) is 0 Å². The Morgan fingerprint density at radius 1 is 1.50 bits per heavy atom. The van der Waals surface area contributed by atoms with E-state index in [1.807, 2.05) is 6.92 Å². The maximum Gasteiger partial charge on any atom is 0.158 e. The highest BCUT2D eigenvalue weighted by Crippen LogP contribution is 2.17. The third kappa shape index (κ3) is 0.956. The van der Waals surface area contributed by atoms with Gasteiger partial charge in [-0.3, -0.25) is 4.68 Å². The molecular weight excluding hydrogens is 176 g/mol. The number of hydrogen-bond acceptors (Lipinski definition) is 3. The molecule has 0 N–H and O–H groups in total. The second kappa shape index (κ2) is 2.71. The fourth-order valence-corrected chi connectivity index (χ4v) is 1.36. The summed E-state index contributed by atoms with van der Waals surface area (Å²) in [6, 6.07) is 0. The minimum absolute atomic E-state index is 0.458. The largest absolute Gasteiger partial charge is 0.260 e. The average Bonchev–Trinajstić information content (AvgIpc) is 2.49. The van der Waals surface area contributed by atoms with Gasteiger partial charge in [-0.25, -0.2) is 9.97 Å². The Bertz CT molecular complexity index is 409. The molecule has 0 bridgehead atoms. The highest BCUT2D eigenvalue weighted by atomic mass is 35.5. The summed E-state index contributed by atoms with van der Waals surface area (Å²) in [6.45, 7) is 2.77. The fourth-order valence-electron chi connectivity index (χ4n) is 1.12. The molecule has 2 aromatic heterocycles. The lowest BCUT2D eigenvalue weighted by Crippen LogP contribution is -1.96. The summed E-state index contributed by atoms with van der Waals surface area (Å²) in [5.74, 6) is 0. The molecule has 0 saturated carbocycles. The minimum atomic E-state index is 0.458. The molecule has 62 valence electrons. The van der Waals surface area contributed by atoms with E-state index in [9.17, 15) is 0 Å². The van der Waals surface area contributed by atoms with Crippen molar-refractivity contribution in [2.75, 3.05) is 0 Å². The molecule has 2 rings (SSSR count). The lowest BCUT2D eigenvalue weighted by molar-refractivity contribution is 0.683. The lowest BCUT2D eigenvalue weighted by atomic mass is 10.5. The van der Waals surface area contributed by atoms with Crippen LogP contribution in [0.1, 0.15) is 6.92 Å². The molecule has 0 fully saturated rings. The molecule has 5 heteroatoms. The van der Waals surface area contributed by atoms with E-state index in [4.69, 9.17) is 11.6 Å². The van der Waals surface area contributed by atoms with Crippen molar-refractivity contribution in [2.45, 2.75) is 13.5 Å². The zero-order valence-electron chi connectivity index (χ0n) is 6.53. The Morgan fingerprint density at radius 2 is 2.33 bits per heavy atom. The summed E-state index contributed by atoms with van der Waals surface area (Å²) in [7, 11) is 0. The third-order valence-electron chi connectivity index (χ3n) is 1.68. The predicted molar refractivity (Wildman–Crippen MR) is 46.0 cm³/mol. The smallest absolute Gasteiger partial charge is 0.158 e. The van der Waals surface area contributed by atoms with Crippen LogP contribution in [0.4, 0.5) is 0 Å². The number of rotatable bonds is 1. The van der Waals surface area contributed by atoms with Gasteiger partial charge in [0.25, 0.3) is 0 Å². The van der Waals surface area contributed by atoms with Crippen LogP contribution in [-0.4, -0.2) is 19.7 Å². The molecule has 0 spiro atoms. The topological polar surface area (TPSA) is 43.6 Å². The molecule has 4 nitrogen and oxygen atoms in total. The molecule has 0 aliphatic carbocycles. The monoisotopic (exact) mass is 182 g/mol. The SMILES string of the molecule is CCn1ncc2ncnc(Cl)c21. The van der Waals surface area contributed by atoms with Crippen LogP contribution in [0, 0.1) is 0 Å². The quantitative estimate of drug-likeness (QED) is 0.628. The number of aryl methyl sites for hydroxylation is 1. The summed E-state index contributed by atoms with van der Waals surface area (Å²) in [6.07, 6.45) is 3.12. The Hall–Kier alpha value is -1.16. The molecule has 0 radical (unpaired) electrons. The van der Waals surface area contributed by atoms with Crippen LogP contribution in [0.2, 0.25) is 5.15 Å². The van der Waals surface area contributed by atoms with E-state index in [0.29, 0.717) is 5.15 Å². The first-order valence-corrected chi connectivity index (χ1v) is 4.02. The molecular formula is C7H7ClN4. The van der Waals surface area contributed by atoms with Gasteiger partial charge in [-0.05, 0) is 6.92 Å². The van der Waals surface area contributed by atoms with Crippen molar-refractivity contribution >= 4 is 22.6 Å². The standard InChI is InChI=1S/C7H7ClN4/c1-2-12-6-5(3-11-12)9-4-10-7(6)8/h3-4H,2H2,1H3. The van der Waals surface area contributed by atoms with Gasteiger partial charge in [-0.15, -0.1) is 0 Å². The molecule has 0 saturated heterocycles.